The lowest BCUT2D eigenvalue weighted by Gasteiger charge is -2.42. The summed E-state index contributed by atoms with van der Waals surface area (Å²) in [6, 6.07) is 0. The fourth-order valence-electron chi connectivity index (χ4n) is 5.12. The number of aliphatic hydroxyl groups excluding tert-OH is 7. The molecule has 1 aliphatic carbocycles. The van der Waals surface area contributed by atoms with Gasteiger partial charge in [-0.1, -0.05) is 20.8 Å². The molecule has 7 unspecified atom stereocenters. The van der Waals surface area contributed by atoms with Crippen molar-refractivity contribution in [1.82, 2.24) is 0 Å². The quantitative estimate of drug-likeness (QED) is 0.272. The highest BCUT2D eigenvalue weighted by Crippen LogP contribution is 2.54. The Labute approximate surface area is 181 Å². The maximum Gasteiger partial charge on any atom is 0.214 e. The molecule has 0 spiro atoms. The van der Waals surface area contributed by atoms with Crippen molar-refractivity contribution < 1.29 is 50.0 Å². The standard InChI is InChI=1S/C21H36O10/c1-9(2)6-12-18(27)21(3)10(4-5-11(21)14(23)19(28)30-12)8-29-20-17(26)16(25)15(24)13(7-22)31-20/h9-10,12-13,15-20,22-28H,4-8H2,1-3H3/t10-,12?,13?,15?,16?,17?,18+,19?,20?,21-/m0/s1. The average Bonchev–Trinajstić information content (AvgIpc) is 3.03. The highest BCUT2D eigenvalue weighted by atomic mass is 16.7. The SMILES string of the molecule is CC(C)CC1OC(O)C(O)=C2CC[C@@H](COC3OC(CO)C(O)C(O)C3O)[C@]2(C)[C@@H]1O. The second-order valence-corrected chi connectivity index (χ2v) is 9.51. The Kier molecular flexibility index (Phi) is 7.67. The van der Waals surface area contributed by atoms with Crippen LogP contribution >= 0.6 is 0 Å². The van der Waals surface area contributed by atoms with Crippen LogP contribution in [0.15, 0.2) is 11.3 Å². The van der Waals surface area contributed by atoms with Gasteiger partial charge >= 0.3 is 0 Å². The summed E-state index contributed by atoms with van der Waals surface area (Å²) in [7, 11) is 0. The van der Waals surface area contributed by atoms with Gasteiger partial charge in [0.2, 0.25) is 6.29 Å². The Morgan fingerprint density at radius 2 is 1.71 bits per heavy atom. The van der Waals surface area contributed by atoms with Crippen molar-refractivity contribution >= 4 is 0 Å². The summed E-state index contributed by atoms with van der Waals surface area (Å²) in [4.78, 5) is 0. The van der Waals surface area contributed by atoms with Crippen LogP contribution in [-0.2, 0) is 14.2 Å². The summed E-state index contributed by atoms with van der Waals surface area (Å²) < 4.78 is 16.7. The van der Waals surface area contributed by atoms with Crippen molar-refractivity contribution in [3.63, 3.8) is 0 Å². The summed E-state index contributed by atoms with van der Waals surface area (Å²) in [6.07, 6.45) is -8.68. The van der Waals surface area contributed by atoms with Crippen LogP contribution in [0.3, 0.4) is 0 Å². The monoisotopic (exact) mass is 448 g/mol. The van der Waals surface area contributed by atoms with Gasteiger partial charge in [0, 0.05) is 5.41 Å². The average molecular weight is 449 g/mol. The predicted molar refractivity (Wildman–Crippen MR) is 107 cm³/mol. The highest BCUT2D eigenvalue weighted by Gasteiger charge is 2.55. The van der Waals surface area contributed by atoms with Crippen LogP contribution in [0.4, 0.5) is 0 Å². The third-order valence-electron chi connectivity index (χ3n) is 7.07. The summed E-state index contributed by atoms with van der Waals surface area (Å²) in [6.45, 7) is 5.19. The minimum atomic E-state index is -1.54. The van der Waals surface area contributed by atoms with Gasteiger partial charge in [-0.05, 0) is 36.7 Å². The molecule has 10 heteroatoms. The van der Waals surface area contributed by atoms with E-state index in [0.29, 0.717) is 24.8 Å². The molecule has 2 heterocycles. The van der Waals surface area contributed by atoms with Crippen molar-refractivity contribution in [2.24, 2.45) is 17.3 Å². The zero-order valence-corrected chi connectivity index (χ0v) is 18.2. The van der Waals surface area contributed by atoms with E-state index in [-0.39, 0.29) is 24.2 Å². The van der Waals surface area contributed by atoms with Crippen LogP contribution in [0, 0.1) is 17.3 Å². The molecule has 3 aliphatic rings. The molecule has 0 aromatic carbocycles. The molecule has 1 saturated heterocycles. The van der Waals surface area contributed by atoms with Crippen LogP contribution in [0.5, 0.6) is 0 Å². The first-order valence-corrected chi connectivity index (χ1v) is 10.9. The van der Waals surface area contributed by atoms with E-state index < -0.39 is 61.2 Å². The fraction of sp³-hybridized carbons (Fsp3) is 0.905. The van der Waals surface area contributed by atoms with Gasteiger partial charge in [0.25, 0.3) is 0 Å². The molecule has 2 aliphatic heterocycles. The van der Waals surface area contributed by atoms with E-state index in [1.165, 1.54) is 0 Å². The number of hydrogen-bond donors (Lipinski definition) is 7. The number of ether oxygens (including phenoxy) is 3. The van der Waals surface area contributed by atoms with Crippen LogP contribution in [0.2, 0.25) is 0 Å². The Morgan fingerprint density at radius 1 is 1.03 bits per heavy atom. The van der Waals surface area contributed by atoms with Crippen LogP contribution < -0.4 is 0 Å². The maximum absolute atomic E-state index is 11.3. The van der Waals surface area contributed by atoms with Gasteiger partial charge in [-0.15, -0.1) is 0 Å². The number of fused-ring (bicyclic) bond motifs is 1. The smallest absolute Gasteiger partial charge is 0.214 e. The van der Waals surface area contributed by atoms with Gasteiger partial charge in [-0.25, -0.2) is 0 Å². The Morgan fingerprint density at radius 3 is 2.32 bits per heavy atom. The molecule has 180 valence electrons. The molecule has 0 bridgehead atoms. The lowest BCUT2D eigenvalue weighted by molar-refractivity contribution is -0.305. The highest BCUT2D eigenvalue weighted by molar-refractivity contribution is 5.28. The third kappa shape index (κ3) is 4.50. The van der Waals surface area contributed by atoms with Gasteiger partial charge in [-0.3, -0.25) is 0 Å². The van der Waals surface area contributed by atoms with Crippen LogP contribution in [-0.4, -0.2) is 98.2 Å². The van der Waals surface area contributed by atoms with Gasteiger partial charge in [0.1, 0.15) is 30.2 Å². The fourth-order valence-corrected chi connectivity index (χ4v) is 5.12. The maximum atomic E-state index is 11.3. The van der Waals surface area contributed by atoms with Gasteiger partial charge in [0.05, 0.1) is 25.4 Å². The first-order valence-electron chi connectivity index (χ1n) is 10.9. The van der Waals surface area contributed by atoms with E-state index in [9.17, 15) is 35.7 Å². The third-order valence-corrected chi connectivity index (χ3v) is 7.07. The normalized spacial score (nSPS) is 46.3. The molecule has 0 radical (unpaired) electrons. The molecule has 10 nitrogen and oxygen atoms in total. The topological polar surface area (TPSA) is 169 Å². The molecule has 31 heavy (non-hydrogen) atoms. The molecule has 0 aromatic rings. The van der Waals surface area contributed by atoms with Crippen molar-refractivity contribution in [1.29, 1.82) is 0 Å². The Balaban J connectivity index is 1.79. The molecule has 1 saturated carbocycles. The summed E-state index contributed by atoms with van der Waals surface area (Å²) in [5, 5.41) is 71.5. The molecule has 0 amide bonds. The Bertz CT molecular complexity index is 652. The molecule has 10 atom stereocenters. The van der Waals surface area contributed by atoms with E-state index >= 15 is 0 Å². The number of rotatable bonds is 6. The van der Waals surface area contributed by atoms with Gasteiger partial charge < -0.3 is 50.0 Å². The Hall–Kier alpha value is -0.820. The van der Waals surface area contributed by atoms with E-state index in [1.807, 2.05) is 13.8 Å². The molecule has 3 rings (SSSR count). The lowest BCUT2D eigenvalue weighted by Crippen LogP contribution is -2.59. The zero-order valence-electron chi connectivity index (χ0n) is 18.2. The second-order valence-electron chi connectivity index (χ2n) is 9.51. The first-order chi connectivity index (χ1) is 14.5. The number of aliphatic hydroxyl groups is 7. The summed E-state index contributed by atoms with van der Waals surface area (Å²) in [5.74, 6) is -0.414. The van der Waals surface area contributed by atoms with Crippen LogP contribution in [0.25, 0.3) is 0 Å². The molecular formula is C21H36O10. The van der Waals surface area contributed by atoms with E-state index in [4.69, 9.17) is 14.2 Å². The first kappa shape index (κ1) is 24.8. The minimum absolute atomic E-state index is 0.0114. The van der Waals surface area contributed by atoms with E-state index in [0.717, 1.165) is 0 Å². The molecular weight excluding hydrogens is 412 g/mol. The van der Waals surface area contributed by atoms with Crippen molar-refractivity contribution in [3.05, 3.63) is 11.3 Å². The van der Waals surface area contributed by atoms with Crippen molar-refractivity contribution in [2.75, 3.05) is 13.2 Å². The van der Waals surface area contributed by atoms with Crippen molar-refractivity contribution in [2.45, 2.75) is 89.2 Å². The van der Waals surface area contributed by atoms with Crippen molar-refractivity contribution in [3.8, 4) is 0 Å². The largest absolute Gasteiger partial charge is 0.507 e. The second kappa shape index (κ2) is 9.58. The van der Waals surface area contributed by atoms with E-state index in [1.54, 1.807) is 6.92 Å². The molecule has 0 aromatic heterocycles. The van der Waals surface area contributed by atoms with Gasteiger partial charge in [-0.2, -0.15) is 0 Å². The molecule has 7 N–H and O–H groups in total. The summed E-state index contributed by atoms with van der Waals surface area (Å²) in [5.41, 5.74) is -0.434. The number of hydrogen-bond acceptors (Lipinski definition) is 10. The molecule has 2 fully saturated rings. The van der Waals surface area contributed by atoms with E-state index in [2.05, 4.69) is 0 Å². The predicted octanol–water partition coefficient (Wildman–Crippen LogP) is -0.844. The summed E-state index contributed by atoms with van der Waals surface area (Å²) >= 11 is 0. The minimum Gasteiger partial charge on any atom is -0.507 e. The van der Waals surface area contributed by atoms with Crippen LogP contribution in [0.1, 0.15) is 40.0 Å². The lowest BCUT2D eigenvalue weighted by atomic mass is 9.70. The van der Waals surface area contributed by atoms with Gasteiger partial charge in [0.15, 0.2) is 6.29 Å². The zero-order chi connectivity index (χ0) is 23.1.